The summed E-state index contributed by atoms with van der Waals surface area (Å²) in [5.74, 6) is 0.597. The fourth-order valence-corrected chi connectivity index (χ4v) is 3.30. The summed E-state index contributed by atoms with van der Waals surface area (Å²) in [5, 5.41) is 5.60. The van der Waals surface area contributed by atoms with Crippen LogP contribution in [0.2, 0.25) is 10.0 Å². The van der Waals surface area contributed by atoms with Crippen LogP contribution in [0.5, 0.6) is 5.75 Å². The average Bonchev–Trinajstić information content (AvgIpc) is 2.70. The summed E-state index contributed by atoms with van der Waals surface area (Å²) in [5.41, 5.74) is 4.54. The van der Waals surface area contributed by atoms with E-state index in [2.05, 4.69) is 5.32 Å². The molecule has 1 N–H and O–H groups in total. The lowest BCUT2D eigenvalue weighted by Gasteiger charge is -2.14. The predicted octanol–water partition coefficient (Wildman–Crippen LogP) is 6.96. The molecule has 0 aliphatic rings. The summed E-state index contributed by atoms with van der Waals surface area (Å²) in [6.07, 6.45) is 0. The van der Waals surface area contributed by atoms with Gasteiger partial charge in [0.2, 0.25) is 0 Å². The van der Waals surface area contributed by atoms with Crippen LogP contribution in [0.25, 0.3) is 22.2 Å². The summed E-state index contributed by atoms with van der Waals surface area (Å²) < 4.78 is 5.36. The van der Waals surface area contributed by atoms with Crippen molar-refractivity contribution in [3.05, 3.63) is 82.8 Å². The fourth-order valence-electron chi connectivity index (χ4n) is 2.93. The Morgan fingerprint density at radius 3 is 2.33 bits per heavy atom. The highest BCUT2D eigenvalue weighted by molar-refractivity contribution is 6.33. The molecule has 0 aliphatic heterocycles. The number of benzene rings is 3. The van der Waals surface area contributed by atoms with Crippen LogP contribution in [-0.2, 0) is 0 Å². The molecule has 0 atom stereocenters. The molecule has 4 aromatic rings. The summed E-state index contributed by atoms with van der Waals surface area (Å²) in [4.78, 5) is 4.81. The van der Waals surface area contributed by atoms with Crippen LogP contribution in [0.1, 0.15) is 0 Å². The number of methoxy groups -OCH3 is 1. The van der Waals surface area contributed by atoms with Crippen molar-refractivity contribution >= 4 is 45.5 Å². The van der Waals surface area contributed by atoms with Crippen LogP contribution in [0.3, 0.4) is 0 Å². The highest BCUT2D eigenvalue weighted by Crippen LogP contribution is 2.36. The molecule has 0 spiro atoms. The number of rotatable bonds is 4. The first-order valence-electron chi connectivity index (χ1n) is 8.40. The molecule has 0 amide bonds. The van der Waals surface area contributed by atoms with Gasteiger partial charge in [0.05, 0.1) is 29.0 Å². The van der Waals surface area contributed by atoms with E-state index in [-0.39, 0.29) is 0 Å². The third kappa shape index (κ3) is 3.70. The molecule has 3 nitrogen and oxygen atoms in total. The van der Waals surface area contributed by atoms with Crippen molar-refractivity contribution in [2.24, 2.45) is 0 Å². The van der Waals surface area contributed by atoms with Gasteiger partial charge in [-0.1, -0.05) is 53.5 Å². The van der Waals surface area contributed by atoms with Crippen LogP contribution in [0, 0.1) is 0 Å². The van der Waals surface area contributed by atoms with E-state index in [0.717, 1.165) is 33.5 Å². The Balaban J connectivity index is 1.90. The predicted molar refractivity (Wildman–Crippen MR) is 113 cm³/mol. The maximum atomic E-state index is 6.36. The van der Waals surface area contributed by atoms with Gasteiger partial charge in [-0.3, -0.25) is 0 Å². The highest BCUT2D eigenvalue weighted by Gasteiger charge is 2.12. The molecule has 0 fully saturated rings. The Kier molecular flexibility index (Phi) is 4.88. The molecule has 3 aromatic carbocycles. The second-order valence-corrected chi connectivity index (χ2v) is 6.90. The molecule has 0 saturated carbocycles. The summed E-state index contributed by atoms with van der Waals surface area (Å²) in [6, 6.07) is 23.4. The van der Waals surface area contributed by atoms with Gasteiger partial charge < -0.3 is 10.1 Å². The molecule has 0 saturated heterocycles. The van der Waals surface area contributed by atoms with Crippen LogP contribution in [0.15, 0.2) is 72.8 Å². The van der Waals surface area contributed by atoms with Crippen molar-refractivity contribution in [1.82, 2.24) is 4.98 Å². The van der Waals surface area contributed by atoms with Gasteiger partial charge >= 0.3 is 0 Å². The quantitative estimate of drug-likeness (QED) is 0.406. The molecule has 1 heterocycles. The number of anilines is 2. The molecule has 0 aliphatic carbocycles. The number of nitrogens with zero attached hydrogens (tertiary/aromatic N) is 1. The number of pyridine rings is 1. The Bertz CT molecular complexity index is 1100. The third-order valence-electron chi connectivity index (χ3n) is 4.28. The zero-order valence-corrected chi connectivity index (χ0v) is 16.1. The normalized spacial score (nSPS) is 10.8. The van der Waals surface area contributed by atoms with E-state index in [1.165, 1.54) is 0 Å². The van der Waals surface area contributed by atoms with Crippen molar-refractivity contribution in [3.63, 3.8) is 0 Å². The zero-order chi connectivity index (χ0) is 18.8. The van der Waals surface area contributed by atoms with Crippen molar-refractivity contribution in [1.29, 1.82) is 0 Å². The zero-order valence-electron chi connectivity index (χ0n) is 14.5. The lowest BCUT2D eigenvalue weighted by Crippen LogP contribution is -1.96. The summed E-state index contributed by atoms with van der Waals surface area (Å²) in [6.45, 7) is 0. The number of nitrogens with one attached hydrogen (secondary N) is 1. The Hall–Kier alpha value is -2.75. The molecule has 5 heteroatoms. The topological polar surface area (TPSA) is 34.1 Å². The van der Waals surface area contributed by atoms with Crippen molar-refractivity contribution in [3.8, 4) is 17.0 Å². The van der Waals surface area contributed by atoms with Crippen LogP contribution in [-0.4, -0.2) is 12.1 Å². The van der Waals surface area contributed by atoms with Gasteiger partial charge in [0.25, 0.3) is 0 Å². The first-order valence-corrected chi connectivity index (χ1v) is 9.16. The lowest BCUT2D eigenvalue weighted by molar-refractivity contribution is 0.415. The van der Waals surface area contributed by atoms with E-state index in [1.807, 2.05) is 72.8 Å². The molecule has 27 heavy (non-hydrogen) atoms. The molecule has 4 rings (SSSR count). The monoisotopic (exact) mass is 394 g/mol. The molecule has 1 aromatic heterocycles. The van der Waals surface area contributed by atoms with Crippen molar-refractivity contribution < 1.29 is 4.74 Å². The van der Waals surface area contributed by atoms with Gasteiger partial charge in [-0.15, -0.1) is 0 Å². The maximum Gasteiger partial charge on any atom is 0.139 e. The van der Waals surface area contributed by atoms with E-state index < -0.39 is 0 Å². The van der Waals surface area contributed by atoms with Crippen molar-refractivity contribution in [2.45, 2.75) is 0 Å². The Morgan fingerprint density at radius 1 is 0.889 bits per heavy atom. The average molecular weight is 395 g/mol. The second-order valence-electron chi connectivity index (χ2n) is 6.06. The number of ether oxygens (including phenoxy) is 1. The lowest BCUT2D eigenvalue weighted by atomic mass is 10.1. The first-order chi connectivity index (χ1) is 13.1. The molecule has 0 bridgehead atoms. The van der Waals surface area contributed by atoms with Crippen LogP contribution < -0.4 is 10.1 Å². The van der Waals surface area contributed by atoms with E-state index >= 15 is 0 Å². The largest absolute Gasteiger partial charge is 0.495 e. The second kappa shape index (κ2) is 7.47. The molecular weight excluding hydrogens is 379 g/mol. The van der Waals surface area contributed by atoms with E-state index in [0.29, 0.717) is 15.8 Å². The minimum atomic E-state index is 0.540. The first kappa shape index (κ1) is 17.7. The van der Waals surface area contributed by atoms with E-state index in [1.54, 1.807) is 7.11 Å². The third-order valence-corrected chi connectivity index (χ3v) is 4.82. The number of hydrogen-bond donors (Lipinski definition) is 1. The number of aromatic nitrogens is 1. The fraction of sp³-hybridized carbons (Fsp3) is 0.0455. The maximum absolute atomic E-state index is 6.36. The van der Waals surface area contributed by atoms with Crippen LogP contribution >= 0.6 is 23.2 Å². The summed E-state index contributed by atoms with van der Waals surface area (Å²) in [7, 11) is 1.60. The van der Waals surface area contributed by atoms with Gasteiger partial charge in [-0.25, -0.2) is 4.98 Å². The van der Waals surface area contributed by atoms with Gasteiger partial charge in [-0.2, -0.15) is 0 Å². The van der Waals surface area contributed by atoms with E-state index in [9.17, 15) is 0 Å². The molecule has 0 radical (unpaired) electrons. The summed E-state index contributed by atoms with van der Waals surface area (Å²) >= 11 is 12.4. The van der Waals surface area contributed by atoms with Gasteiger partial charge in [-0.05, 0) is 36.4 Å². The highest BCUT2D eigenvalue weighted by atomic mass is 35.5. The minimum absolute atomic E-state index is 0.540. The minimum Gasteiger partial charge on any atom is -0.495 e. The molecular formula is C22H16Cl2N2O. The number of fused-ring (bicyclic) bond motifs is 1. The molecule has 134 valence electrons. The SMILES string of the molecule is COc1cc2nc(-c3ccccc3)cc(Nc3ccc(Cl)cc3)c2cc1Cl. The number of hydrogen-bond acceptors (Lipinski definition) is 3. The van der Waals surface area contributed by atoms with Crippen molar-refractivity contribution in [2.75, 3.05) is 12.4 Å². The van der Waals surface area contributed by atoms with E-state index in [4.69, 9.17) is 32.9 Å². The van der Waals surface area contributed by atoms with Gasteiger partial charge in [0, 0.05) is 27.7 Å². The standard InChI is InChI=1S/C22H16Cl2N2O/c1-27-22-13-21-17(11-18(22)24)20(25-16-9-7-15(23)8-10-16)12-19(26-21)14-5-3-2-4-6-14/h2-13H,1H3,(H,25,26). The Labute approximate surface area is 167 Å². The van der Waals surface area contributed by atoms with Gasteiger partial charge in [0.1, 0.15) is 5.75 Å². The Morgan fingerprint density at radius 2 is 1.63 bits per heavy atom. The smallest absolute Gasteiger partial charge is 0.139 e. The van der Waals surface area contributed by atoms with Crippen LogP contribution in [0.4, 0.5) is 11.4 Å². The molecule has 0 unspecified atom stereocenters. The number of halogens is 2. The van der Waals surface area contributed by atoms with Gasteiger partial charge in [0.15, 0.2) is 0 Å².